The van der Waals surface area contributed by atoms with Gasteiger partial charge in [0.15, 0.2) is 0 Å². The van der Waals surface area contributed by atoms with Gasteiger partial charge in [-0.25, -0.2) is 8.42 Å². The zero-order chi connectivity index (χ0) is 26.7. The molecule has 8 heteroatoms. The third kappa shape index (κ3) is 5.56. The van der Waals surface area contributed by atoms with Gasteiger partial charge in [-0.2, -0.15) is 0 Å². The minimum atomic E-state index is -3.85. The molecule has 0 aliphatic carbocycles. The molecule has 3 aromatic carbocycles. The summed E-state index contributed by atoms with van der Waals surface area (Å²) < 4.78 is 28.8. The average Bonchev–Trinajstić information content (AvgIpc) is 2.93. The summed E-state index contributed by atoms with van der Waals surface area (Å²) in [5, 5.41) is 0.750. The highest BCUT2D eigenvalue weighted by Crippen LogP contribution is 2.25. The molecule has 1 aliphatic rings. The summed E-state index contributed by atoms with van der Waals surface area (Å²) in [5.74, 6) is 0.390. The van der Waals surface area contributed by atoms with E-state index in [1.807, 2.05) is 17.0 Å². The van der Waals surface area contributed by atoms with Crippen LogP contribution in [0.5, 0.6) is 0 Å². The normalized spacial score (nSPS) is 14.7. The maximum atomic E-state index is 13.3. The third-order valence-corrected chi connectivity index (χ3v) is 8.31. The lowest BCUT2D eigenvalue weighted by Gasteiger charge is -2.36. The van der Waals surface area contributed by atoms with E-state index < -0.39 is 10.0 Å². The molecule has 0 atom stereocenters. The second-order valence-electron chi connectivity index (χ2n) is 9.98. The van der Waals surface area contributed by atoms with Gasteiger partial charge in [-0.15, -0.1) is 0 Å². The quantitative estimate of drug-likeness (QED) is 0.344. The Morgan fingerprint density at radius 3 is 2.50 bits per heavy atom. The maximum absolute atomic E-state index is 13.3. The molecule has 1 aromatic heterocycles. The van der Waals surface area contributed by atoms with Crippen LogP contribution in [0.1, 0.15) is 47.7 Å². The number of nitrogens with zero attached hydrogens (tertiary/aromatic N) is 3. The molecule has 7 nitrogen and oxygen atoms in total. The van der Waals surface area contributed by atoms with Crippen molar-refractivity contribution in [3.8, 4) is 0 Å². The standard InChI is InChI=1S/C30H32N4O3S/c1-22(2)27-11-4-3-8-25(27)20-33-18-7-19-34(21-33)30(35)24-13-15-26(16-14-24)32-38(36,37)28-12-5-9-23-10-6-17-31-29(23)28/h3-6,8-17,22,32H,7,18-21H2,1-2H3. The molecule has 0 saturated carbocycles. The second-order valence-corrected chi connectivity index (χ2v) is 11.6. The van der Waals surface area contributed by atoms with Gasteiger partial charge in [-0.3, -0.25) is 19.4 Å². The van der Waals surface area contributed by atoms with Gasteiger partial charge in [0.25, 0.3) is 15.9 Å². The van der Waals surface area contributed by atoms with Crippen LogP contribution in [0.4, 0.5) is 5.69 Å². The van der Waals surface area contributed by atoms with Crippen LogP contribution in [0, 0.1) is 0 Å². The predicted octanol–water partition coefficient (Wildman–Crippen LogP) is 5.46. The van der Waals surface area contributed by atoms with E-state index in [-0.39, 0.29) is 10.8 Å². The lowest BCUT2D eigenvalue weighted by molar-refractivity contribution is 0.0479. The Kier molecular flexibility index (Phi) is 7.44. The molecule has 1 aliphatic heterocycles. The van der Waals surface area contributed by atoms with E-state index in [9.17, 15) is 13.2 Å². The van der Waals surface area contributed by atoms with Gasteiger partial charge in [0.2, 0.25) is 0 Å². The van der Waals surface area contributed by atoms with Crippen molar-refractivity contribution in [2.45, 2.75) is 37.6 Å². The third-order valence-electron chi connectivity index (χ3n) is 6.90. The van der Waals surface area contributed by atoms with E-state index in [4.69, 9.17) is 0 Å². The number of fused-ring (bicyclic) bond motifs is 1. The Hall–Kier alpha value is -3.75. The van der Waals surface area contributed by atoms with Crippen molar-refractivity contribution in [3.63, 3.8) is 0 Å². The van der Waals surface area contributed by atoms with Crippen LogP contribution in [0.3, 0.4) is 0 Å². The molecule has 38 heavy (non-hydrogen) atoms. The Bertz CT molecular complexity index is 1550. The number of para-hydroxylation sites is 1. The minimum absolute atomic E-state index is 0.0560. The largest absolute Gasteiger partial charge is 0.326 e. The van der Waals surface area contributed by atoms with Crippen LogP contribution >= 0.6 is 0 Å². The average molecular weight is 529 g/mol. The highest BCUT2D eigenvalue weighted by atomic mass is 32.2. The van der Waals surface area contributed by atoms with Crippen LogP contribution < -0.4 is 4.72 Å². The molecule has 2 heterocycles. The van der Waals surface area contributed by atoms with Gasteiger partial charge in [0.1, 0.15) is 4.90 Å². The van der Waals surface area contributed by atoms with Crippen molar-refractivity contribution in [3.05, 3.63) is 102 Å². The van der Waals surface area contributed by atoms with E-state index in [2.05, 4.69) is 52.7 Å². The van der Waals surface area contributed by atoms with E-state index in [0.717, 1.165) is 24.9 Å². The number of hydrogen-bond donors (Lipinski definition) is 1. The van der Waals surface area contributed by atoms with Gasteiger partial charge >= 0.3 is 0 Å². The fraction of sp³-hybridized carbons (Fsp3) is 0.267. The van der Waals surface area contributed by atoms with E-state index in [1.54, 1.807) is 42.6 Å². The number of carbonyl (C=O) groups is 1. The van der Waals surface area contributed by atoms with Crippen molar-refractivity contribution < 1.29 is 13.2 Å². The highest BCUT2D eigenvalue weighted by molar-refractivity contribution is 7.93. The molecule has 0 unspecified atom stereocenters. The summed E-state index contributed by atoms with van der Waals surface area (Å²) >= 11 is 0. The van der Waals surface area contributed by atoms with Crippen LogP contribution in [-0.4, -0.2) is 48.9 Å². The van der Waals surface area contributed by atoms with Gasteiger partial charge < -0.3 is 4.90 Å². The van der Waals surface area contributed by atoms with Gasteiger partial charge in [0.05, 0.1) is 12.2 Å². The summed E-state index contributed by atoms with van der Waals surface area (Å²) in [4.78, 5) is 21.8. The minimum Gasteiger partial charge on any atom is -0.326 e. The molecular formula is C30H32N4O3S. The van der Waals surface area contributed by atoms with E-state index in [0.29, 0.717) is 35.9 Å². The topological polar surface area (TPSA) is 82.6 Å². The number of amides is 1. The summed E-state index contributed by atoms with van der Waals surface area (Å²) in [6, 6.07) is 23.8. The summed E-state index contributed by atoms with van der Waals surface area (Å²) in [6.07, 6.45) is 2.49. The van der Waals surface area contributed by atoms with Crippen LogP contribution in [-0.2, 0) is 16.6 Å². The van der Waals surface area contributed by atoms with Crippen molar-refractivity contribution in [1.82, 2.24) is 14.8 Å². The van der Waals surface area contributed by atoms with E-state index >= 15 is 0 Å². The first kappa shape index (κ1) is 25.9. The Morgan fingerprint density at radius 1 is 0.947 bits per heavy atom. The fourth-order valence-electron chi connectivity index (χ4n) is 5.01. The number of benzene rings is 3. The molecule has 1 N–H and O–H groups in total. The first-order valence-corrected chi connectivity index (χ1v) is 14.4. The highest BCUT2D eigenvalue weighted by Gasteiger charge is 2.24. The smallest absolute Gasteiger partial charge is 0.264 e. The van der Waals surface area contributed by atoms with Crippen molar-refractivity contribution in [2.24, 2.45) is 0 Å². The first-order chi connectivity index (χ1) is 18.3. The first-order valence-electron chi connectivity index (χ1n) is 12.9. The van der Waals surface area contributed by atoms with Gasteiger partial charge in [-0.1, -0.05) is 56.3 Å². The molecule has 1 fully saturated rings. The van der Waals surface area contributed by atoms with Crippen molar-refractivity contribution >= 4 is 32.5 Å². The molecule has 5 rings (SSSR count). The Labute approximate surface area is 224 Å². The second kappa shape index (κ2) is 10.9. The van der Waals surface area contributed by atoms with Crippen molar-refractivity contribution in [1.29, 1.82) is 0 Å². The Morgan fingerprint density at radius 2 is 1.71 bits per heavy atom. The molecule has 196 valence electrons. The molecule has 4 aromatic rings. The summed E-state index contributed by atoms with van der Waals surface area (Å²) in [5.41, 5.74) is 3.98. The predicted molar refractivity (Wildman–Crippen MR) is 150 cm³/mol. The van der Waals surface area contributed by atoms with Crippen LogP contribution in [0.2, 0.25) is 0 Å². The summed E-state index contributed by atoms with van der Waals surface area (Å²) in [7, 11) is -3.85. The van der Waals surface area contributed by atoms with Crippen molar-refractivity contribution in [2.75, 3.05) is 24.5 Å². The van der Waals surface area contributed by atoms with Gasteiger partial charge in [-0.05, 0) is 59.9 Å². The zero-order valence-corrected chi connectivity index (χ0v) is 22.5. The number of anilines is 1. The summed E-state index contributed by atoms with van der Waals surface area (Å²) in [6.45, 7) is 7.42. The lowest BCUT2D eigenvalue weighted by Crippen LogP contribution is -2.47. The monoisotopic (exact) mass is 528 g/mol. The zero-order valence-electron chi connectivity index (χ0n) is 21.7. The molecule has 0 bridgehead atoms. The molecule has 1 saturated heterocycles. The SMILES string of the molecule is CC(C)c1ccccc1CN1CCCN(C(=O)c2ccc(NS(=O)(=O)c3cccc4cccnc34)cc2)C1. The molecule has 0 radical (unpaired) electrons. The molecular weight excluding hydrogens is 496 g/mol. The van der Waals surface area contributed by atoms with Crippen LogP contribution in [0.15, 0.2) is 90.0 Å². The maximum Gasteiger partial charge on any atom is 0.264 e. The number of sulfonamides is 1. The number of hydrogen-bond acceptors (Lipinski definition) is 5. The number of carbonyl (C=O) groups excluding carboxylic acids is 1. The molecule has 1 amide bonds. The number of rotatable bonds is 7. The molecule has 0 spiro atoms. The number of aromatic nitrogens is 1. The number of nitrogens with one attached hydrogen (secondary N) is 1. The van der Waals surface area contributed by atoms with E-state index in [1.165, 1.54) is 17.2 Å². The van der Waals surface area contributed by atoms with Gasteiger partial charge in [0, 0.05) is 42.5 Å². The lowest BCUT2D eigenvalue weighted by atomic mass is 9.97. The van der Waals surface area contributed by atoms with Crippen LogP contribution in [0.25, 0.3) is 10.9 Å². The number of pyridine rings is 1. The Balaban J connectivity index is 1.27. The fourth-order valence-corrected chi connectivity index (χ4v) is 6.25.